The Bertz CT molecular complexity index is 528. The third-order valence-corrected chi connectivity index (χ3v) is 4.60. The summed E-state index contributed by atoms with van der Waals surface area (Å²) in [5.41, 5.74) is 1.86. The van der Waals surface area contributed by atoms with E-state index in [0.29, 0.717) is 18.6 Å². The van der Waals surface area contributed by atoms with Crippen molar-refractivity contribution in [3.05, 3.63) is 22.8 Å². The highest BCUT2D eigenvalue weighted by Gasteiger charge is 2.45. The lowest BCUT2D eigenvalue weighted by Crippen LogP contribution is -2.33. The van der Waals surface area contributed by atoms with E-state index < -0.39 is 11.4 Å². The summed E-state index contributed by atoms with van der Waals surface area (Å²) < 4.78 is 10.9. The minimum Gasteiger partial charge on any atom is -0.496 e. The van der Waals surface area contributed by atoms with Gasteiger partial charge in [-0.3, -0.25) is 4.79 Å². The van der Waals surface area contributed by atoms with Crippen LogP contribution in [0.5, 0.6) is 11.5 Å². The molecule has 4 nitrogen and oxygen atoms in total. The molecular weight excluding hydrogens is 256 g/mol. The molecule has 0 atom stereocenters. The number of carbonyl (C=O) groups is 1. The molecule has 0 bridgehead atoms. The second-order valence-corrected chi connectivity index (χ2v) is 5.50. The predicted octanol–water partition coefficient (Wildman–Crippen LogP) is 3.22. The van der Waals surface area contributed by atoms with Gasteiger partial charge in [-0.15, -0.1) is 0 Å². The average Bonchev–Trinajstić information content (AvgIpc) is 2.92. The lowest BCUT2D eigenvalue weighted by Gasteiger charge is -2.28. The summed E-state index contributed by atoms with van der Waals surface area (Å²) in [6.45, 7) is 3.91. The van der Waals surface area contributed by atoms with Crippen molar-refractivity contribution in [2.45, 2.75) is 44.9 Å². The summed E-state index contributed by atoms with van der Waals surface area (Å²) in [4.78, 5) is 11.9. The zero-order chi connectivity index (χ0) is 14.9. The summed E-state index contributed by atoms with van der Waals surface area (Å²) in [7, 11) is 3.21. The van der Waals surface area contributed by atoms with Crippen molar-refractivity contribution >= 4 is 5.97 Å². The van der Waals surface area contributed by atoms with Crippen LogP contribution in [0.1, 0.15) is 42.4 Å². The standard InChI is InChI=1S/C16H22O4/c1-10-11(2)14(20-4)12(9-13(10)19-3)16(15(17)18)7-5-6-8-16/h9H,5-8H2,1-4H3,(H,17,18). The van der Waals surface area contributed by atoms with E-state index in [0.717, 1.165) is 35.3 Å². The molecular formula is C16H22O4. The average molecular weight is 278 g/mol. The minimum absolute atomic E-state index is 0.657. The van der Waals surface area contributed by atoms with Crippen molar-refractivity contribution in [1.82, 2.24) is 0 Å². The fraction of sp³-hybridized carbons (Fsp3) is 0.562. The number of aliphatic carboxylic acids is 1. The Labute approximate surface area is 119 Å². The molecule has 1 N–H and O–H groups in total. The SMILES string of the molecule is COc1cc(C2(C(=O)O)CCCC2)c(OC)c(C)c1C. The molecule has 0 aliphatic heterocycles. The van der Waals surface area contributed by atoms with Crippen molar-refractivity contribution in [3.63, 3.8) is 0 Å². The van der Waals surface area contributed by atoms with E-state index >= 15 is 0 Å². The number of rotatable bonds is 4. The lowest BCUT2D eigenvalue weighted by molar-refractivity contribution is -0.143. The number of hydrogen-bond donors (Lipinski definition) is 1. The van der Waals surface area contributed by atoms with Crippen LogP contribution in [0.3, 0.4) is 0 Å². The van der Waals surface area contributed by atoms with Gasteiger partial charge in [0.1, 0.15) is 11.5 Å². The Morgan fingerprint density at radius 3 is 2.20 bits per heavy atom. The first-order valence-electron chi connectivity index (χ1n) is 6.94. The van der Waals surface area contributed by atoms with Crippen LogP contribution in [0.2, 0.25) is 0 Å². The largest absolute Gasteiger partial charge is 0.496 e. The van der Waals surface area contributed by atoms with Gasteiger partial charge < -0.3 is 14.6 Å². The molecule has 0 unspecified atom stereocenters. The number of methoxy groups -OCH3 is 2. The van der Waals surface area contributed by atoms with Crippen LogP contribution >= 0.6 is 0 Å². The van der Waals surface area contributed by atoms with Gasteiger partial charge in [-0.2, -0.15) is 0 Å². The molecule has 1 saturated carbocycles. The van der Waals surface area contributed by atoms with Gasteiger partial charge in [0, 0.05) is 5.56 Å². The highest BCUT2D eigenvalue weighted by Crippen LogP contribution is 2.48. The highest BCUT2D eigenvalue weighted by atomic mass is 16.5. The van der Waals surface area contributed by atoms with Crippen molar-refractivity contribution in [3.8, 4) is 11.5 Å². The molecule has 0 amide bonds. The highest BCUT2D eigenvalue weighted by molar-refractivity contribution is 5.83. The maximum atomic E-state index is 11.9. The first-order chi connectivity index (χ1) is 9.47. The molecule has 1 fully saturated rings. The molecule has 1 aliphatic carbocycles. The van der Waals surface area contributed by atoms with Crippen molar-refractivity contribution in [2.75, 3.05) is 14.2 Å². The van der Waals surface area contributed by atoms with E-state index in [1.807, 2.05) is 19.9 Å². The summed E-state index contributed by atoms with van der Waals surface area (Å²) in [5.74, 6) is 0.650. The van der Waals surface area contributed by atoms with Gasteiger partial charge in [0.05, 0.1) is 19.6 Å². The van der Waals surface area contributed by atoms with Crippen molar-refractivity contribution < 1.29 is 19.4 Å². The van der Waals surface area contributed by atoms with Crippen molar-refractivity contribution in [2.24, 2.45) is 0 Å². The summed E-state index contributed by atoms with van der Waals surface area (Å²) in [6, 6.07) is 1.85. The van der Waals surface area contributed by atoms with Gasteiger partial charge >= 0.3 is 5.97 Å². The molecule has 1 aliphatic rings. The van der Waals surface area contributed by atoms with Crippen LogP contribution in [0.4, 0.5) is 0 Å². The quantitative estimate of drug-likeness (QED) is 0.918. The number of benzene rings is 1. The summed E-state index contributed by atoms with van der Waals surface area (Å²) in [6.07, 6.45) is 3.18. The van der Waals surface area contributed by atoms with Gasteiger partial charge in [-0.05, 0) is 43.9 Å². The number of ether oxygens (including phenoxy) is 2. The molecule has 0 heterocycles. The van der Waals surface area contributed by atoms with E-state index in [9.17, 15) is 9.90 Å². The monoisotopic (exact) mass is 278 g/mol. The Morgan fingerprint density at radius 1 is 1.15 bits per heavy atom. The molecule has 0 radical (unpaired) electrons. The van der Waals surface area contributed by atoms with E-state index in [1.54, 1.807) is 14.2 Å². The Hall–Kier alpha value is -1.71. The second kappa shape index (κ2) is 5.35. The minimum atomic E-state index is -0.836. The molecule has 2 rings (SSSR count). The maximum absolute atomic E-state index is 11.9. The molecule has 20 heavy (non-hydrogen) atoms. The topological polar surface area (TPSA) is 55.8 Å². The molecule has 4 heteroatoms. The maximum Gasteiger partial charge on any atom is 0.314 e. The Morgan fingerprint density at radius 2 is 1.75 bits per heavy atom. The van der Waals surface area contributed by atoms with E-state index in [4.69, 9.17) is 9.47 Å². The first kappa shape index (κ1) is 14.7. The molecule has 0 saturated heterocycles. The van der Waals surface area contributed by atoms with Crippen LogP contribution in [-0.4, -0.2) is 25.3 Å². The van der Waals surface area contributed by atoms with Gasteiger partial charge in [0.2, 0.25) is 0 Å². The van der Waals surface area contributed by atoms with Crippen LogP contribution < -0.4 is 9.47 Å². The third kappa shape index (κ3) is 2.03. The molecule has 0 aromatic heterocycles. The number of carboxylic acids is 1. The summed E-state index contributed by atoms with van der Waals surface area (Å²) in [5, 5.41) is 9.76. The first-order valence-corrected chi connectivity index (χ1v) is 6.94. The fourth-order valence-corrected chi connectivity index (χ4v) is 3.27. The van der Waals surface area contributed by atoms with Crippen LogP contribution in [0, 0.1) is 13.8 Å². The van der Waals surface area contributed by atoms with Crippen LogP contribution in [0.15, 0.2) is 6.07 Å². The zero-order valence-electron chi connectivity index (χ0n) is 12.6. The lowest BCUT2D eigenvalue weighted by atomic mass is 9.77. The van der Waals surface area contributed by atoms with Crippen molar-refractivity contribution in [1.29, 1.82) is 0 Å². The second-order valence-electron chi connectivity index (χ2n) is 5.50. The molecule has 0 spiro atoms. The zero-order valence-corrected chi connectivity index (χ0v) is 12.6. The normalized spacial score (nSPS) is 17.0. The van der Waals surface area contributed by atoms with E-state index in [1.165, 1.54) is 0 Å². The predicted molar refractivity (Wildman–Crippen MR) is 76.8 cm³/mol. The summed E-state index contributed by atoms with van der Waals surface area (Å²) >= 11 is 0. The van der Waals surface area contributed by atoms with E-state index in [-0.39, 0.29) is 0 Å². The third-order valence-electron chi connectivity index (χ3n) is 4.60. The van der Waals surface area contributed by atoms with Gasteiger partial charge in [0.25, 0.3) is 0 Å². The number of carboxylic acid groups (broad SMARTS) is 1. The van der Waals surface area contributed by atoms with E-state index in [2.05, 4.69) is 0 Å². The van der Waals surface area contributed by atoms with Gasteiger partial charge in [-0.1, -0.05) is 12.8 Å². The Balaban J connectivity index is 2.71. The fourth-order valence-electron chi connectivity index (χ4n) is 3.27. The smallest absolute Gasteiger partial charge is 0.314 e. The molecule has 1 aromatic carbocycles. The van der Waals surface area contributed by atoms with Crippen LogP contribution in [0.25, 0.3) is 0 Å². The Kier molecular flexibility index (Phi) is 3.93. The molecule has 1 aromatic rings. The van der Waals surface area contributed by atoms with Gasteiger partial charge in [0.15, 0.2) is 0 Å². The van der Waals surface area contributed by atoms with Crippen LogP contribution in [-0.2, 0) is 10.2 Å². The number of hydrogen-bond acceptors (Lipinski definition) is 3. The molecule has 110 valence electrons. The van der Waals surface area contributed by atoms with Gasteiger partial charge in [-0.25, -0.2) is 0 Å².